The molecule has 3 heteroatoms. The molecule has 1 heterocycles. The van der Waals surface area contributed by atoms with E-state index < -0.39 is 0 Å². The lowest BCUT2D eigenvalue weighted by atomic mass is 9.94. The lowest BCUT2D eigenvalue weighted by Gasteiger charge is -2.29. The zero-order chi connectivity index (χ0) is 11.2. The van der Waals surface area contributed by atoms with E-state index in [1.54, 1.807) is 18.9 Å². The minimum Gasteiger partial charge on any atom is -0.376 e. The third kappa shape index (κ3) is 1.16. The molecular weight excluding hydrogens is 220 g/mol. The van der Waals surface area contributed by atoms with E-state index in [0.29, 0.717) is 6.42 Å². The van der Waals surface area contributed by atoms with Crippen molar-refractivity contribution in [3.05, 3.63) is 46.9 Å². The van der Waals surface area contributed by atoms with Gasteiger partial charge in [-0.3, -0.25) is 4.79 Å². The van der Waals surface area contributed by atoms with Crippen LogP contribution in [-0.4, -0.2) is 19.0 Å². The Bertz CT molecular complexity index is 481. The van der Waals surface area contributed by atoms with E-state index in [4.69, 9.17) is 4.74 Å². The molecule has 0 saturated heterocycles. The highest BCUT2D eigenvalue weighted by Gasteiger charge is 2.50. The summed E-state index contributed by atoms with van der Waals surface area (Å²) in [6, 6.07) is 7.87. The largest absolute Gasteiger partial charge is 0.376 e. The van der Waals surface area contributed by atoms with Crippen LogP contribution in [0.5, 0.6) is 0 Å². The van der Waals surface area contributed by atoms with Crippen molar-refractivity contribution in [2.45, 2.75) is 17.3 Å². The highest BCUT2D eigenvalue weighted by Crippen LogP contribution is 2.54. The van der Waals surface area contributed by atoms with Gasteiger partial charge in [0.2, 0.25) is 0 Å². The average molecular weight is 232 g/mol. The zero-order valence-electron chi connectivity index (χ0n) is 8.97. The highest BCUT2D eigenvalue weighted by atomic mass is 32.2. The molecule has 0 N–H and O–H groups in total. The number of thioether (sulfide) groups is 1. The molecule has 2 nitrogen and oxygen atoms in total. The predicted molar refractivity (Wildman–Crippen MR) is 64.6 cm³/mol. The molecule has 0 amide bonds. The van der Waals surface area contributed by atoms with Gasteiger partial charge >= 0.3 is 0 Å². The van der Waals surface area contributed by atoms with E-state index in [9.17, 15) is 4.79 Å². The van der Waals surface area contributed by atoms with E-state index in [0.717, 1.165) is 11.1 Å². The lowest BCUT2D eigenvalue weighted by molar-refractivity contribution is 0.0882. The van der Waals surface area contributed by atoms with Crippen molar-refractivity contribution < 1.29 is 9.53 Å². The third-order valence-corrected chi connectivity index (χ3v) is 4.66. The van der Waals surface area contributed by atoms with Crippen molar-refractivity contribution in [2.75, 3.05) is 7.11 Å². The maximum Gasteiger partial charge on any atom is 0.165 e. The van der Waals surface area contributed by atoms with Gasteiger partial charge in [-0.05, 0) is 17.0 Å². The van der Waals surface area contributed by atoms with Crippen molar-refractivity contribution in [1.82, 2.24) is 0 Å². The molecular formula is C13H12O2S. The molecule has 16 heavy (non-hydrogen) atoms. The van der Waals surface area contributed by atoms with Crippen LogP contribution in [0.1, 0.15) is 22.3 Å². The summed E-state index contributed by atoms with van der Waals surface area (Å²) in [7, 11) is 1.70. The molecule has 3 rings (SSSR count). The second kappa shape index (κ2) is 3.47. The van der Waals surface area contributed by atoms with Gasteiger partial charge in [0.15, 0.2) is 5.78 Å². The number of ether oxygens (including phenoxy) is 1. The number of carbonyl (C=O) groups is 1. The number of benzene rings is 1. The normalized spacial score (nSPS) is 31.3. The second-order valence-corrected chi connectivity index (χ2v) is 5.37. The van der Waals surface area contributed by atoms with Crippen LogP contribution in [0.2, 0.25) is 0 Å². The number of methoxy groups -OCH3 is 1. The first-order chi connectivity index (χ1) is 7.78. The Labute approximate surface area is 98.7 Å². The number of fused-ring (bicyclic) bond motifs is 2. The van der Waals surface area contributed by atoms with E-state index in [2.05, 4.69) is 0 Å². The van der Waals surface area contributed by atoms with Crippen LogP contribution in [0.25, 0.3) is 0 Å². The van der Waals surface area contributed by atoms with Gasteiger partial charge in [-0.2, -0.15) is 0 Å². The van der Waals surface area contributed by atoms with Crippen molar-refractivity contribution >= 4 is 17.5 Å². The number of Topliss-reactive ketones (excluding diaryl/α,β-unsaturated/α-hetero) is 1. The smallest absolute Gasteiger partial charge is 0.165 e. The van der Waals surface area contributed by atoms with E-state index in [-0.39, 0.29) is 16.6 Å². The van der Waals surface area contributed by atoms with Crippen LogP contribution in [0.4, 0.5) is 0 Å². The molecule has 2 aliphatic rings. The van der Waals surface area contributed by atoms with Crippen LogP contribution < -0.4 is 0 Å². The number of carbonyl (C=O) groups excluding carboxylic acids is 1. The number of hydrogen-bond acceptors (Lipinski definition) is 3. The molecule has 0 saturated carbocycles. The van der Waals surface area contributed by atoms with Crippen LogP contribution in [0.3, 0.4) is 0 Å². The molecule has 82 valence electrons. The SMILES string of the molecule is COC1C=CSC12CC(=O)c1ccccc12. The highest BCUT2D eigenvalue weighted by molar-refractivity contribution is 8.03. The topological polar surface area (TPSA) is 26.3 Å². The van der Waals surface area contributed by atoms with E-state index in [1.165, 1.54) is 0 Å². The Morgan fingerprint density at radius 2 is 2.25 bits per heavy atom. The van der Waals surface area contributed by atoms with Gasteiger partial charge < -0.3 is 4.74 Å². The fourth-order valence-electron chi connectivity index (χ4n) is 2.61. The summed E-state index contributed by atoms with van der Waals surface area (Å²) in [4.78, 5) is 12.0. The van der Waals surface area contributed by atoms with Gasteiger partial charge in [0, 0.05) is 19.1 Å². The number of ketones is 1. The molecule has 1 aliphatic carbocycles. The van der Waals surface area contributed by atoms with E-state index in [1.807, 2.05) is 35.7 Å². The Balaban J connectivity index is 2.16. The average Bonchev–Trinajstić information content (AvgIpc) is 2.84. The van der Waals surface area contributed by atoms with Gasteiger partial charge in [-0.15, -0.1) is 11.8 Å². The Morgan fingerprint density at radius 1 is 1.44 bits per heavy atom. The predicted octanol–water partition coefficient (Wildman–Crippen LogP) is 2.74. The van der Waals surface area contributed by atoms with Crippen LogP contribution in [0, 0.1) is 0 Å². The van der Waals surface area contributed by atoms with Crippen molar-refractivity contribution in [3.63, 3.8) is 0 Å². The molecule has 2 atom stereocenters. The second-order valence-electron chi connectivity index (χ2n) is 4.14. The molecule has 1 spiro atoms. The molecule has 1 aliphatic heterocycles. The van der Waals surface area contributed by atoms with Gasteiger partial charge in [0.1, 0.15) is 0 Å². The first kappa shape index (κ1) is 10.1. The molecule has 0 bridgehead atoms. The number of hydrogen-bond donors (Lipinski definition) is 0. The standard InChI is InChI=1S/C13H12O2S/c1-15-12-6-7-16-13(12)8-11(14)9-4-2-3-5-10(9)13/h2-7,12H,8H2,1H3. The quantitative estimate of drug-likeness (QED) is 0.744. The first-order valence-corrected chi connectivity index (χ1v) is 6.16. The fraction of sp³-hybridized carbons (Fsp3) is 0.308. The molecule has 2 unspecified atom stereocenters. The van der Waals surface area contributed by atoms with Crippen LogP contribution in [0.15, 0.2) is 35.7 Å². The van der Waals surface area contributed by atoms with Gasteiger partial charge in [-0.25, -0.2) is 0 Å². The van der Waals surface area contributed by atoms with Crippen molar-refractivity contribution in [3.8, 4) is 0 Å². The maximum absolute atomic E-state index is 12.0. The fourth-order valence-corrected chi connectivity index (χ4v) is 3.90. The monoisotopic (exact) mass is 232 g/mol. The summed E-state index contributed by atoms with van der Waals surface area (Å²) >= 11 is 1.71. The Morgan fingerprint density at radius 3 is 3.06 bits per heavy atom. The first-order valence-electron chi connectivity index (χ1n) is 5.28. The molecule has 0 fully saturated rings. The minimum absolute atomic E-state index is 0.00472. The molecule has 1 aromatic rings. The molecule has 1 aromatic carbocycles. The van der Waals surface area contributed by atoms with Gasteiger partial charge in [0.25, 0.3) is 0 Å². The van der Waals surface area contributed by atoms with Crippen molar-refractivity contribution in [1.29, 1.82) is 0 Å². The van der Waals surface area contributed by atoms with Gasteiger partial charge in [-0.1, -0.05) is 24.3 Å². The van der Waals surface area contributed by atoms with Crippen LogP contribution >= 0.6 is 11.8 Å². The zero-order valence-corrected chi connectivity index (χ0v) is 9.79. The molecule has 0 radical (unpaired) electrons. The summed E-state index contributed by atoms with van der Waals surface area (Å²) in [6.45, 7) is 0. The maximum atomic E-state index is 12.0. The summed E-state index contributed by atoms with van der Waals surface area (Å²) < 4.78 is 5.29. The van der Waals surface area contributed by atoms with E-state index >= 15 is 0 Å². The number of rotatable bonds is 1. The summed E-state index contributed by atoms with van der Waals surface area (Å²) in [5, 5.41) is 2.05. The lowest BCUT2D eigenvalue weighted by Crippen LogP contribution is -2.31. The van der Waals surface area contributed by atoms with Gasteiger partial charge in [0.05, 0.1) is 10.9 Å². The third-order valence-electron chi connectivity index (χ3n) is 3.35. The molecule has 0 aromatic heterocycles. The van der Waals surface area contributed by atoms with Crippen molar-refractivity contribution in [2.24, 2.45) is 0 Å². The van der Waals surface area contributed by atoms with Crippen LogP contribution in [-0.2, 0) is 9.48 Å². The Kier molecular flexibility index (Phi) is 2.19. The summed E-state index contributed by atoms with van der Waals surface area (Å²) in [5.41, 5.74) is 1.99. The summed E-state index contributed by atoms with van der Waals surface area (Å²) in [5.74, 6) is 0.230. The minimum atomic E-state index is -0.206. The Hall–Kier alpha value is -1.06. The summed E-state index contributed by atoms with van der Waals surface area (Å²) in [6.07, 6.45) is 2.59.